The van der Waals surface area contributed by atoms with Gasteiger partial charge in [0.15, 0.2) is 0 Å². The predicted molar refractivity (Wildman–Crippen MR) is 76.3 cm³/mol. The van der Waals surface area contributed by atoms with Crippen molar-refractivity contribution in [1.82, 2.24) is 10.6 Å². The molecule has 2 amide bonds. The van der Waals surface area contributed by atoms with E-state index in [0.717, 1.165) is 11.8 Å². The third-order valence-electron chi connectivity index (χ3n) is 5.01. The Labute approximate surface area is 120 Å². The highest BCUT2D eigenvalue weighted by Gasteiger charge is 2.42. The van der Waals surface area contributed by atoms with Crippen LogP contribution in [0.5, 0.6) is 0 Å². The van der Waals surface area contributed by atoms with Crippen molar-refractivity contribution in [3.8, 4) is 0 Å². The summed E-state index contributed by atoms with van der Waals surface area (Å²) in [5.74, 6) is 1.04. The fraction of sp³-hybridized carbons (Fsp3) is 0.867. The highest BCUT2D eigenvalue weighted by Crippen LogP contribution is 2.49. The van der Waals surface area contributed by atoms with Crippen molar-refractivity contribution in [2.24, 2.45) is 23.7 Å². The number of fused-ring (bicyclic) bond motifs is 2. The first-order chi connectivity index (χ1) is 9.38. The quantitative estimate of drug-likeness (QED) is 0.723. The molecular weight excluding hydrogens is 256 g/mol. The van der Waals surface area contributed by atoms with Crippen molar-refractivity contribution in [3.63, 3.8) is 0 Å². The number of carboxylic acid groups (broad SMARTS) is 1. The van der Waals surface area contributed by atoms with Crippen molar-refractivity contribution < 1.29 is 14.7 Å². The first kappa shape index (κ1) is 15.1. The van der Waals surface area contributed by atoms with Gasteiger partial charge in [-0.25, -0.2) is 9.59 Å². The van der Waals surface area contributed by atoms with Crippen LogP contribution in [0.2, 0.25) is 0 Å². The van der Waals surface area contributed by atoms with Crippen LogP contribution in [-0.4, -0.2) is 29.2 Å². The topological polar surface area (TPSA) is 78.4 Å². The van der Waals surface area contributed by atoms with E-state index in [1.807, 2.05) is 6.92 Å². The van der Waals surface area contributed by atoms with Gasteiger partial charge in [-0.3, -0.25) is 0 Å². The molecule has 2 fully saturated rings. The molecule has 0 aromatic rings. The van der Waals surface area contributed by atoms with Gasteiger partial charge in [0, 0.05) is 6.04 Å². The monoisotopic (exact) mass is 282 g/mol. The van der Waals surface area contributed by atoms with Gasteiger partial charge in [-0.2, -0.15) is 0 Å². The summed E-state index contributed by atoms with van der Waals surface area (Å²) in [6, 6.07) is -1.07. The van der Waals surface area contributed by atoms with E-state index in [0.29, 0.717) is 5.92 Å². The second-order valence-corrected chi connectivity index (χ2v) is 6.81. The molecule has 3 N–H and O–H groups in total. The fourth-order valence-electron chi connectivity index (χ4n) is 3.92. The molecule has 0 aromatic heterocycles. The Bertz CT molecular complexity index is 383. The summed E-state index contributed by atoms with van der Waals surface area (Å²) in [5, 5.41) is 14.6. The minimum atomic E-state index is -0.984. The lowest BCUT2D eigenvalue weighted by molar-refractivity contribution is -0.140. The van der Waals surface area contributed by atoms with Crippen LogP contribution in [-0.2, 0) is 4.79 Å². The largest absolute Gasteiger partial charge is 0.480 e. The SMILES string of the molecule is CC(NC(=O)N[C@@H](C(=O)O)C(C)C)C1CC2CCC1C2. The molecule has 5 nitrogen and oxygen atoms in total. The summed E-state index contributed by atoms with van der Waals surface area (Å²) < 4.78 is 0. The van der Waals surface area contributed by atoms with Crippen molar-refractivity contribution in [3.05, 3.63) is 0 Å². The molecule has 0 radical (unpaired) electrons. The molecule has 0 aromatic carbocycles. The number of aliphatic carboxylic acids is 1. The summed E-state index contributed by atoms with van der Waals surface area (Å²) in [6.07, 6.45) is 5.14. The molecule has 0 saturated heterocycles. The van der Waals surface area contributed by atoms with Crippen molar-refractivity contribution >= 4 is 12.0 Å². The number of amides is 2. The van der Waals surface area contributed by atoms with Gasteiger partial charge < -0.3 is 15.7 Å². The summed E-state index contributed by atoms with van der Waals surface area (Å²) in [5.41, 5.74) is 0. The molecule has 0 spiro atoms. The predicted octanol–water partition coefficient (Wildman–Crippen LogP) is 2.22. The van der Waals surface area contributed by atoms with Crippen LogP contribution in [0.1, 0.15) is 46.5 Å². The molecule has 5 heteroatoms. The number of carbonyl (C=O) groups is 2. The van der Waals surface area contributed by atoms with Gasteiger partial charge in [0.25, 0.3) is 0 Å². The third kappa shape index (κ3) is 3.25. The average Bonchev–Trinajstić information content (AvgIpc) is 2.97. The Morgan fingerprint density at radius 3 is 2.25 bits per heavy atom. The van der Waals surface area contributed by atoms with Crippen LogP contribution in [0.3, 0.4) is 0 Å². The molecule has 2 saturated carbocycles. The fourth-order valence-corrected chi connectivity index (χ4v) is 3.92. The maximum Gasteiger partial charge on any atom is 0.326 e. The number of nitrogens with one attached hydrogen (secondary N) is 2. The van der Waals surface area contributed by atoms with Crippen LogP contribution in [0.15, 0.2) is 0 Å². The number of urea groups is 1. The van der Waals surface area contributed by atoms with Gasteiger partial charge in [0.05, 0.1) is 0 Å². The van der Waals surface area contributed by atoms with Gasteiger partial charge in [-0.05, 0) is 49.9 Å². The van der Waals surface area contributed by atoms with Crippen LogP contribution in [0.25, 0.3) is 0 Å². The first-order valence-corrected chi connectivity index (χ1v) is 7.68. The molecule has 2 rings (SSSR count). The molecule has 4 unspecified atom stereocenters. The normalized spacial score (nSPS) is 31.1. The van der Waals surface area contributed by atoms with E-state index >= 15 is 0 Å². The van der Waals surface area contributed by atoms with E-state index < -0.39 is 12.0 Å². The summed E-state index contributed by atoms with van der Waals surface area (Å²) in [7, 11) is 0. The Kier molecular flexibility index (Phi) is 4.55. The zero-order valence-corrected chi connectivity index (χ0v) is 12.6. The zero-order valence-electron chi connectivity index (χ0n) is 12.6. The van der Waals surface area contributed by atoms with Crippen molar-refractivity contribution in [2.75, 3.05) is 0 Å². The minimum absolute atomic E-state index is 0.118. The van der Waals surface area contributed by atoms with E-state index in [9.17, 15) is 9.59 Å². The van der Waals surface area contributed by atoms with Crippen LogP contribution >= 0.6 is 0 Å². The third-order valence-corrected chi connectivity index (χ3v) is 5.01. The van der Waals surface area contributed by atoms with E-state index in [1.165, 1.54) is 25.7 Å². The second kappa shape index (κ2) is 6.02. The highest BCUT2D eigenvalue weighted by molar-refractivity contribution is 5.82. The van der Waals surface area contributed by atoms with E-state index in [-0.39, 0.29) is 18.0 Å². The standard InChI is InChI=1S/C15H26N2O3/c1-8(2)13(14(18)19)17-15(20)16-9(3)12-7-10-4-5-11(12)6-10/h8-13H,4-7H2,1-3H3,(H,18,19)(H2,16,17,20)/t9?,10?,11?,12?,13-/m1/s1. The Morgan fingerprint density at radius 1 is 1.10 bits per heavy atom. The number of hydrogen-bond acceptors (Lipinski definition) is 2. The molecule has 2 aliphatic carbocycles. The Morgan fingerprint density at radius 2 is 1.80 bits per heavy atom. The van der Waals surface area contributed by atoms with Crippen LogP contribution < -0.4 is 10.6 Å². The maximum absolute atomic E-state index is 12.0. The van der Waals surface area contributed by atoms with Gasteiger partial charge in [-0.1, -0.05) is 20.3 Å². The molecule has 0 heterocycles. The van der Waals surface area contributed by atoms with E-state index in [2.05, 4.69) is 10.6 Å². The summed E-state index contributed by atoms with van der Waals surface area (Å²) >= 11 is 0. The van der Waals surface area contributed by atoms with Gasteiger partial charge in [0.2, 0.25) is 0 Å². The smallest absolute Gasteiger partial charge is 0.326 e. The number of hydrogen-bond donors (Lipinski definition) is 3. The molecular formula is C15H26N2O3. The number of carbonyl (C=O) groups excluding carboxylic acids is 1. The minimum Gasteiger partial charge on any atom is -0.480 e. The second-order valence-electron chi connectivity index (χ2n) is 6.81. The zero-order chi connectivity index (χ0) is 14.9. The van der Waals surface area contributed by atoms with Crippen LogP contribution in [0.4, 0.5) is 4.79 Å². The molecule has 20 heavy (non-hydrogen) atoms. The molecule has 2 bridgehead atoms. The first-order valence-electron chi connectivity index (χ1n) is 7.68. The van der Waals surface area contributed by atoms with Crippen molar-refractivity contribution in [1.29, 1.82) is 0 Å². The van der Waals surface area contributed by atoms with E-state index in [1.54, 1.807) is 13.8 Å². The molecule has 2 aliphatic rings. The van der Waals surface area contributed by atoms with Crippen molar-refractivity contribution in [2.45, 2.75) is 58.5 Å². The molecule has 0 aliphatic heterocycles. The lowest BCUT2D eigenvalue weighted by Gasteiger charge is -2.29. The molecule has 114 valence electrons. The van der Waals surface area contributed by atoms with Gasteiger partial charge >= 0.3 is 12.0 Å². The number of rotatable bonds is 5. The summed E-state index contributed by atoms with van der Waals surface area (Å²) in [6.45, 7) is 5.62. The van der Waals surface area contributed by atoms with Gasteiger partial charge in [-0.15, -0.1) is 0 Å². The number of carboxylic acids is 1. The lowest BCUT2D eigenvalue weighted by atomic mass is 9.84. The Hall–Kier alpha value is -1.26. The van der Waals surface area contributed by atoms with Gasteiger partial charge in [0.1, 0.15) is 6.04 Å². The highest BCUT2D eigenvalue weighted by atomic mass is 16.4. The van der Waals surface area contributed by atoms with Crippen LogP contribution in [0, 0.1) is 23.7 Å². The lowest BCUT2D eigenvalue weighted by Crippen LogP contribution is -2.52. The molecule has 5 atom stereocenters. The average molecular weight is 282 g/mol. The Balaban J connectivity index is 1.83. The maximum atomic E-state index is 12.0. The summed E-state index contributed by atoms with van der Waals surface area (Å²) in [4.78, 5) is 23.0. The van der Waals surface area contributed by atoms with E-state index in [4.69, 9.17) is 5.11 Å².